The van der Waals surface area contributed by atoms with Crippen LogP contribution in [0.15, 0.2) is 23.9 Å². The third kappa shape index (κ3) is 1.82. The van der Waals surface area contributed by atoms with Gasteiger partial charge < -0.3 is 5.32 Å². The molecule has 62 valence electrons. The molecule has 0 fully saturated rings. The maximum Gasteiger partial charge on any atom is 0.134 e. The van der Waals surface area contributed by atoms with Crippen LogP contribution in [0.3, 0.4) is 0 Å². The van der Waals surface area contributed by atoms with Gasteiger partial charge in [0.2, 0.25) is 0 Å². The Kier molecular flexibility index (Phi) is 2.32. The smallest absolute Gasteiger partial charge is 0.134 e. The van der Waals surface area contributed by atoms with Gasteiger partial charge in [0.25, 0.3) is 0 Å². The molecule has 0 spiro atoms. The topological polar surface area (TPSA) is 12.0 Å². The Balaban J connectivity index is 2.68. The van der Waals surface area contributed by atoms with Crippen LogP contribution in [-0.2, 0) is 0 Å². The zero-order valence-corrected chi connectivity index (χ0v) is 7.02. The summed E-state index contributed by atoms with van der Waals surface area (Å²) in [6.07, 6.45) is 6.35. The molecule has 0 aromatic rings. The highest BCUT2D eigenvalue weighted by Gasteiger charge is 2.26. The molecule has 11 heavy (non-hydrogen) atoms. The van der Waals surface area contributed by atoms with Gasteiger partial charge in [0.05, 0.1) is 0 Å². The lowest BCUT2D eigenvalue weighted by atomic mass is 9.92. The second-order valence-corrected chi connectivity index (χ2v) is 2.87. The summed E-state index contributed by atoms with van der Waals surface area (Å²) in [5, 5.41) is 2.96. The third-order valence-corrected chi connectivity index (χ3v) is 2.09. The summed E-state index contributed by atoms with van der Waals surface area (Å²) in [6.45, 7) is 1.86. The molecule has 0 aromatic heterocycles. The quantitative estimate of drug-likeness (QED) is 0.644. The van der Waals surface area contributed by atoms with Gasteiger partial charge in [-0.25, -0.2) is 4.39 Å². The minimum atomic E-state index is -1.12. The fourth-order valence-electron chi connectivity index (χ4n) is 1.19. The van der Waals surface area contributed by atoms with E-state index in [0.29, 0.717) is 12.8 Å². The lowest BCUT2D eigenvalue weighted by Gasteiger charge is -2.23. The van der Waals surface area contributed by atoms with E-state index in [2.05, 4.69) is 5.32 Å². The molecule has 0 aromatic carbocycles. The number of halogens is 1. The summed E-state index contributed by atoms with van der Waals surface area (Å²) in [4.78, 5) is 0. The number of allylic oxidation sites excluding steroid dienone is 4. The van der Waals surface area contributed by atoms with Crippen LogP contribution in [0.25, 0.3) is 0 Å². The van der Waals surface area contributed by atoms with E-state index in [0.717, 1.165) is 5.70 Å². The zero-order chi connectivity index (χ0) is 8.32. The number of alkyl halides is 1. The van der Waals surface area contributed by atoms with Crippen LogP contribution in [0.1, 0.15) is 19.8 Å². The molecule has 0 heterocycles. The van der Waals surface area contributed by atoms with E-state index in [4.69, 9.17) is 0 Å². The van der Waals surface area contributed by atoms with Crippen molar-refractivity contribution in [1.29, 1.82) is 0 Å². The van der Waals surface area contributed by atoms with Crippen molar-refractivity contribution in [3.05, 3.63) is 23.9 Å². The molecular weight excluding hydrogens is 141 g/mol. The van der Waals surface area contributed by atoms with Crippen LogP contribution >= 0.6 is 0 Å². The van der Waals surface area contributed by atoms with E-state index in [1.165, 1.54) is 0 Å². The van der Waals surface area contributed by atoms with Crippen LogP contribution in [0.2, 0.25) is 0 Å². The molecule has 0 radical (unpaired) electrons. The largest absolute Gasteiger partial charge is 0.391 e. The van der Waals surface area contributed by atoms with Crippen LogP contribution < -0.4 is 5.32 Å². The lowest BCUT2D eigenvalue weighted by Crippen LogP contribution is -2.25. The Morgan fingerprint density at radius 2 is 2.45 bits per heavy atom. The highest BCUT2D eigenvalue weighted by atomic mass is 19.1. The van der Waals surface area contributed by atoms with Gasteiger partial charge in [-0.05, 0) is 18.6 Å². The van der Waals surface area contributed by atoms with Crippen LogP contribution in [0.4, 0.5) is 4.39 Å². The van der Waals surface area contributed by atoms with Gasteiger partial charge in [-0.2, -0.15) is 0 Å². The fourth-order valence-corrected chi connectivity index (χ4v) is 1.19. The number of hydrogen-bond acceptors (Lipinski definition) is 1. The number of hydrogen-bond donors (Lipinski definition) is 1. The summed E-state index contributed by atoms with van der Waals surface area (Å²) in [5.74, 6) is 0. The zero-order valence-electron chi connectivity index (χ0n) is 7.02. The Morgan fingerprint density at radius 1 is 1.73 bits per heavy atom. The van der Waals surface area contributed by atoms with Crippen LogP contribution in [0, 0.1) is 0 Å². The maximum atomic E-state index is 13.6. The molecular formula is C9H14FN. The van der Waals surface area contributed by atoms with E-state index in [1.54, 1.807) is 12.2 Å². The highest BCUT2D eigenvalue weighted by Crippen LogP contribution is 2.28. The SMILES string of the molecule is CCC1(F)C=CC=C(NC)C1. The Hall–Kier alpha value is -0.790. The second kappa shape index (κ2) is 3.07. The van der Waals surface area contributed by atoms with Gasteiger partial charge in [-0.15, -0.1) is 0 Å². The van der Waals surface area contributed by atoms with Crippen molar-refractivity contribution in [1.82, 2.24) is 5.32 Å². The summed E-state index contributed by atoms with van der Waals surface area (Å²) < 4.78 is 13.6. The molecule has 1 nitrogen and oxygen atoms in total. The molecule has 0 saturated heterocycles. The molecule has 0 amide bonds. The van der Waals surface area contributed by atoms with E-state index in [-0.39, 0.29) is 0 Å². The van der Waals surface area contributed by atoms with E-state index in [9.17, 15) is 4.39 Å². The minimum absolute atomic E-state index is 0.483. The molecule has 2 heteroatoms. The summed E-state index contributed by atoms with van der Waals surface area (Å²) in [6, 6.07) is 0. The average Bonchev–Trinajstić information content (AvgIpc) is 2.05. The van der Waals surface area contributed by atoms with Crippen molar-refractivity contribution >= 4 is 0 Å². The standard InChI is InChI=1S/C9H14FN/c1-3-9(10)6-4-5-8(7-9)11-2/h4-6,11H,3,7H2,1-2H3. The molecule has 1 atom stereocenters. The molecule has 1 aliphatic carbocycles. The Bertz CT molecular complexity index is 196. The summed E-state index contributed by atoms with van der Waals surface area (Å²) in [7, 11) is 1.82. The van der Waals surface area contributed by atoms with Gasteiger partial charge in [0.15, 0.2) is 0 Å². The minimum Gasteiger partial charge on any atom is -0.391 e. The van der Waals surface area contributed by atoms with Gasteiger partial charge >= 0.3 is 0 Å². The maximum absolute atomic E-state index is 13.6. The van der Waals surface area contributed by atoms with Crippen molar-refractivity contribution in [3.8, 4) is 0 Å². The average molecular weight is 155 g/mol. The van der Waals surface area contributed by atoms with E-state index < -0.39 is 5.67 Å². The molecule has 0 aliphatic heterocycles. The lowest BCUT2D eigenvalue weighted by molar-refractivity contribution is 0.216. The first-order valence-corrected chi connectivity index (χ1v) is 3.95. The van der Waals surface area contributed by atoms with Crippen molar-refractivity contribution in [2.24, 2.45) is 0 Å². The first-order valence-electron chi connectivity index (χ1n) is 3.95. The second-order valence-electron chi connectivity index (χ2n) is 2.87. The van der Waals surface area contributed by atoms with Crippen molar-refractivity contribution < 1.29 is 4.39 Å². The molecule has 1 rings (SSSR count). The van der Waals surface area contributed by atoms with E-state index in [1.807, 2.05) is 20.0 Å². The monoisotopic (exact) mass is 155 g/mol. The predicted molar refractivity (Wildman–Crippen MR) is 45.0 cm³/mol. The summed E-state index contributed by atoms with van der Waals surface area (Å²) >= 11 is 0. The normalized spacial score (nSPS) is 29.9. The van der Waals surface area contributed by atoms with Gasteiger partial charge in [-0.3, -0.25) is 0 Å². The van der Waals surface area contributed by atoms with Gasteiger partial charge in [0, 0.05) is 19.2 Å². The van der Waals surface area contributed by atoms with Crippen LogP contribution in [0.5, 0.6) is 0 Å². The molecule has 1 unspecified atom stereocenters. The molecule has 0 bridgehead atoms. The highest BCUT2D eigenvalue weighted by molar-refractivity contribution is 5.23. The van der Waals surface area contributed by atoms with Crippen molar-refractivity contribution in [2.45, 2.75) is 25.4 Å². The van der Waals surface area contributed by atoms with Gasteiger partial charge in [0.1, 0.15) is 5.67 Å². The molecule has 1 aliphatic rings. The van der Waals surface area contributed by atoms with E-state index >= 15 is 0 Å². The Labute approximate surface area is 67.0 Å². The fraction of sp³-hybridized carbons (Fsp3) is 0.556. The summed E-state index contributed by atoms with van der Waals surface area (Å²) in [5.41, 5.74) is -0.149. The van der Waals surface area contributed by atoms with Crippen molar-refractivity contribution in [3.63, 3.8) is 0 Å². The number of rotatable bonds is 2. The molecule has 1 N–H and O–H groups in total. The molecule has 0 saturated carbocycles. The number of nitrogens with one attached hydrogen (secondary N) is 1. The Morgan fingerprint density at radius 3 is 3.00 bits per heavy atom. The first-order chi connectivity index (χ1) is 5.20. The van der Waals surface area contributed by atoms with Gasteiger partial charge in [-0.1, -0.05) is 13.0 Å². The predicted octanol–water partition coefficient (Wildman–Crippen LogP) is 2.17. The first kappa shape index (κ1) is 8.31. The van der Waals surface area contributed by atoms with Crippen molar-refractivity contribution in [2.75, 3.05) is 7.05 Å². The third-order valence-electron chi connectivity index (χ3n) is 2.09. The van der Waals surface area contributed by atoms with Crippen LogP contribution in [-0.4, -0.2) is 12.7 Å².